The Kier molecular flexibility index (Phi) is 6.89. The van der Waals surface area contributed by atoms with Crippen LogP contribution in [0, 0.1) is 11.6 Å². The summed E-state index contributed by atoms with van der Waals surface area (Å²) in [6.45, 7) is 3.57. The third kappa shape index (κ3) is 5.69. The molecule has 3 aromatic rings. The molecule has 9 nitrogen and oxygen atoms in total. The fourth-order valence-corrected chi connectivity index (χ4v) is 3.41. The summed E-state index contributed by atoms with van der Waals surface area (Å²) in [7, 11) is 0. The molecule has 0 bridgehead atoms. The first-order chi connectivity index (χ1) is 16.0. The van der Waals surface area contributed by atoms with Crippen molar-refractivity contribution in [2.45, 2.75) is 12.8 Å². The maximum absolute atomic E-state index is 13.4. The predicted octanol–water partition coefficient (Wildman–Crippen LogP) is 3.06. The van der Waals surface area contributed by atoms with E-state index in [0.717, 1.165) is 37.8 Å². The van der Waals surface area contributed by atoms with Gasteiger partial charge in [0.05, 0.1) is 17.6 Å². The molecule has 2 amide bonds. The van der Waals surface area contributed by atoms with Crippen LogP contribution >= 0.6 is 0 Å². The van der Waals surface area contributed by atoms with Gasteiger partial charge in [0.15, 0.2) is 17.3 Å². The number of halogens is 2. The zero-order valence-electron chi connectivity index (χ0n) is 17.6. The molecular weight excluding hydrogens is 434 g/mol. The van der Waals surface area contributed by atoms with E-state index in [1.54, 1.807) is 12.1 Å². The van der Waals surface area contributed by atoms with Crippen LogP contribution in [0.1, 0.15) is 33.7 Å². The Balaban J connectivity index is 1.33. The average molecular weight is 456 g/mol. The van der Waals surface area contributed by atoms with Crippen LogP contribution in [0.2, 0.25) is 0 Å². The molecule has 172 valence electrons. The zero-order valence-corrected chi connectivity index (χ0v) is 17.6. The number of benzene rings is 1. The molecule has 2 aromatic heterocycles. The highest BCUT2D eigenvalue weighted by Crippen LogP contribution is 2.18. The Morgan fingerprint density at radius 2 is 1.88 bits per heavy atom. The van der Waals surface area contributed by atoms with Gasteiger partial charge in [-0.25, -0.2) is 13.8 Å². The molecule has 0 unspecified atom stereocenters. The normalized spacial score (nSPS) is 13.6. The van der Waals surface area contributed by atoms with Crippen molar-refractivity contribution in [3.8, 4) is 5.88 Å². The van der Waals surface area contributed by atoms with Gasteiger partial charge < -0.3 is 15.4 Å². The van der Waals surface area contributed by atoms with E-state index >= 15 is 0 Å². The van der Waals surface area contributed by atoms with Crippen molar-refractivity contribution in [2.24, 2.45) is 0 Å². The van der Waals surface area contributed by atoms with Crippen LogP contribution < -0.4 is 15.4 Å². The van der Waals surface area contributed by atoms with Gasteiger partial charge >= 0.3 is 0 Å². The van der Waals surface area contributed by atoms with E-state index in [4.69, 9.17) is 4.74 Å². The summed E-state index contributed by atoms with van der Waals surface area (Å²) < 4.78 is 32.1. The molecule has 0 spiro atoms. The molecule has 11 heteroatoms. The fourth-order valence-electron chi connectivity index (χ4n) is 3.41. The number of nitrogens with zero attached hydrogens (tertiary/aromatic N) is 3. The number of H-pyrrole nitrogens is 1. The summed E-state index contributed by atoms with van der Waals surface area (Å²) in [5, 5.41) is 11.4. The number of nitrogens with one attached hydrogen (secondary N) is 3. The molecule has 0 aliphatic carbocycles. The van der Waals surface area contributed by atoms with Crippen molar-refractivity contribution in [3.63, 3.8) is 0 Å². The molecule has 0 saturated carbocycles. The SMILES string of the molecule is O=C(Nc1c[nH]nc1C(=O)Nc1ccc(OCCN2CCCC2)nc1)c1ccc(F)c(F)c1. The molecule has 4 rings (SSSR count). The van der Waals surface area contributed by atoms with Crippen molar-refractivity contribution in [2.75, 3.05) is 36.9 Å². The standard InChI is InChI=1S/C22H22F2N6O3/c23-16-5-3-14(11-17(16)24)21(31)28-18-13-26-29-20(18)22(32)27-15-4-6-19(25-12-15)33-10-9-30-7-1-2-8-30/h3-6,11-13H,1-2,7-10H2,(H,26,29)(H,27,32)(H,28,31). The smallest absolute Gasteiger partial charge is 0.278 e. The summed E-state index contributed by atoms with van der Waals surface area (Å²) >= 11 is 0. The molecule has 1 aromatic carbocycles. The minimum absolute atomic E-state index is 0.0806. The van der Waals surface area contributed by atoms with Crippen LogP contribution in [0.3, 0.4) is 0 Å². The van der Waals surface area contributed by atoms with E-state index in [-0.39, 0.29) is 16.9 Å². The van der Waals surface area contributed by atoms with Crippen molar-refractivity contribution in [1.29, 1.82) is 0 Å². The maximum Gasteiger partial charge on any atom is 0.278 e. The molecule has 1 aliphatic rings. The lowest BCUT2D eigenvalue weighted by atomic mass is 10.2. The second-order valence-corrected chi connectivity index (χ2v) is 7.47. The van der Waals surface area contributed by atoms with Crippen molar-refractivity contribution in [1.82, 2.24) is 20.1 Å². The van der Waals surface area contributed by atoms with Gasteiger partial charge in [0.25, 0.3) is 11.8 Å². The van der Waals surface area contributed by atoms with Crippen LogP contribution in [0.4, 0.5) is 20.2 Å². The van der Waals surface area contributed by atoms with Crippen LogP contribution in [-0.2, 0) is 0 Å². The zero-order chi connectivity index (χ0) is 23.2. The number of likely N-dealkylation sites (tertiary alicyclic amines) is 1. The lowest BCUT2D eigenvalue weighted by Crippen LogP contribution is -2.25. The van der Waals surface area contributed by atoms with E-state index in [2.05, 4.69) is 30.7 Å². The lowest BCUT2D eigenvalue weighted by Gasteiger charge is -2.14. The minimum atomic E-state index is -1.15. The maximum atomic E-state index is 13.4. The topological polar surface area (TPSA) is 112 Å². The summed E-state index contributed by atoms with van der Waals surface area (Å²) in [6, 6.07) is 6.04. The van der Waals surface area contributed by atoms with Gasteiger partial charge in [-0.1, -0.05) is 0 Å². The number of hydrogen-bond donors (Lipinski definition) is 3. The molecule has 0 atom stereocenters. The molecular formula is C22H22F2N6O3. The number of carbonyl (C=O) groups excluding carboxylic acids is 2. The molecule has 33 heavy (non-hydrogen) atoms. The second kappa shape index (κ2) is 10.2. The predicted molar refractivity (Wildman–Crippen MR) is 116 cm³/mol. The number of amides is 2. The lowest BCUT2D eigenvalue weighted by molar-refractivity contribution is 0.102. The molecule has 3 N–H and O–H groups in total. The average Bonchev–Trinajstić information content (AvgIpc) is 3.49. The number of aromatic nitrogens is 3. The monoisotopic (exact) mass is 456 g/mol. The first-order valence-electron chi connectivity index (χ1n) is 10.4. The second-order valence-electron chi connectivity index (χ2n) is 7.47. The van der Waals surface area contributed by atoms with Crippen molar-refractivity contribution < 1.29 is 23.1 Å². The van der Waals surface area contributed by atoms with Crippen molar-refractivity contribution in [3.05, 3.63) is 65.6 Å². The van der Waals surface area contributed by atoms with E-state index in [1.165, 1.54) is 25.2 Å². The number of carbonyl (C=O) groups is 2. The Hall–Kier alpha value is -3.86. The number of anilines is 2. The van der Waals surface area contributed by atoms with Gasteiger partial charge in [0.2, 0.25) is 5.88 Å². The highest BCUT2D eigenvalue weighted by Gasteiger charge is 2.19. The van der Waals surface area contributed by atoms with Gasteiger partial charge in [-0.3, -0.25) is 19.6 Å². The summed E-state index contributed by atoms with van der Waals surface area (Å²) in [5.74, 6) is -3.08. The van der Waals surface area contributed by atoms with Crippen LogP contribution in [0.5, 0.6) is 5.88 Å². The van der Waals surface area contributed by atoms with E-state index in [0.29, 0.717) is 18.2 Å². The van der Waals surface area contributed by atoms with Crippen molar-refractivity contribution >= 4 is 23.2 Å². The summed E-state index contributed by atoms with van der Waals surface area (Å²) in [6.07, 6.45) is 5.20. The number of ether oxygens (including phenoxy) is 1. The van der Waals surface area contributed by atoms with E-state index in [1.807, 2.05) is 0 Å². The first kappa shape index (κ1) is 22.3. The van der Waals surface area contributed by atoms with Gasteiger partial charge in [-0.2, -0.15) is 5.10 Å². The summed E-state index contributed by atoms with van der Waals surface area (Å²) in [5.41, 5.74) is 0.299. The van der Waals surface area contributed by atoms with Gasteiger partial charge in [-0.15, -0.1) is 0 Å². The third-order valence-electron chi connectivity index (χ3n) is 5.14. The van der Waals surface area contributed by atoms with E-state index < -0.39 is 23.4 Å². The minimum Gasteiger partial charge on any atom is -0.476 e. The van der Waals surface area contributed by atoms with Gasteiger partial charge in [-0.05, 0) is 50.2 Å². The molecule has 0 radical (unpaired) electrons. The number of hydrogen-bond acceptors (Lipinski definition) is 6. The Morgan fingerprint density at radius 1 is 1.06 bits per heavy atom. The largest absolute Gasteiger partial charge is 0.476 e. The molecule has 1 saturated heterocycles. The molecule has 1 fully saturated rings. The molecule has 1 aliphatic heterocycles. The quantitative estimate of drug-likeness (QED) is 0.480. The Morgan fingerprint density at radius 3 is 2.61 bits per heavy atom. The van der Waals surface area contributed by atoms with Crippen LogP contribution in [-0.4, -0.2) is 58.1 Å². The first-order valence-corrected chi connectivity index (χ1v) is 10.4. The highest BCUT2D eigenvalue weighted by atomic mass is 19.2. The Bertz CT molecular complexity index is 1130. The van der Waals surface area contributed by atoms with Crippen LogP contribution in [0.25, 0.3) is 0 Å². The number of pyridine rings is 1. The van der Waals surface area contributed by atoms with Crippen LogP contribution in [0.15, 0.2) is 42.7 Å². The number of aromatic amines is 1. The summed E-state index contributed by atoms with van der Waals surface area (Å²) in [4.78, 5) is 31.4. The van der Waals surface area contributed by atoms with Gasteiger partial charge in [0, 0.05) is 24.4 Å². The fraction of sp³-hybridized carbons (Fsp3) is 0.273. The molecule has 3 heterocycles. The third-order valence-corrected chi connectivity index (χ3v) is 5.14. The highest BCUT2D eigenvalue weighted by molar-refractivity contribution is 6.11. The van der Waals surface area contributed by atoms with E-state index in [9.17, 15) is 18.4 Å². The Labute approximate surface area is 188 Å². The van der Waals surface area contributed by atoms with Gasteiger partial charge in [0.1, 0.15) is 6.61 Å². The number of rotatable bonds is 8.